The van der Waals surface area contributed by atoms with Crippen molar-refractivity contribution in [2.45, 2.75) is 57.0 Å². The summed E-state index contributed by atoms with van der Waals surface area (Å²) in [5, 5.41) is 4.38. The molecule has 2 fully saturated rings. The Bertz CT molecular complexity index is 1220. The second-order valence-electron chi connectivity index (χ2n) is 9.43. The van der Waals surface area contributed by atoms with Crippen LogP contribution in [0.2, 0.25) is 0 Å². The van der Waals surface area contributed by atoms with Gasteiger partial charge in [-0.3, -0.25) is 9.56 Å². The summed E-state index contributed by atoms with van der Waals surface area (Å²) in [5.74, 6) is 1.63. The molecule has 2 N–H and O–H groups in total. The Labute approximate surface area is 187 Å². The van der Waals surface area contributed by atoms with E-state index in [4.69, 9.17) is 4.99 Å². The van der Waals surface area contributed by atoms with Gasteiger partial charge in [-0.05, 0) is 69.3 Å². The summed E-state index contributed by atoms with van der Waals surface area (Å²) in [6.45, 7) is 5.11. The van der Waals surface area contributed by atoms with E-state index in [0.717, 1.165) is 55.7 Å². The van der Waals surface area contributed by atoms with Gasteiger partial charge >= 0.3 is 5.69 Å². The number of aromatic nitrogens is 3. The number of benzene rings is 1. The Morgan fingerprint density at radius 1 is 1.09 bits per heavy atom. The van der Waals surface area contributed by atoms with E-state index in [9.17, 15) is 4.79 Å². The van der Waals surface area contributed by atoms with Gasteiger partial charge in [0.15, 0.2) is 0 Å². The van der Waals surface area contributed by atoms with Gasteiger partial charge in [-0.1, -0.05) is 12.1 Å². The lowest BCUT2D eigenvalue weighted by Crippen LogP contribution is -2.47. The van der Waals surface area contributed by atoms with Crippen LogP contribution < -0.4 is 11.0 Å². The zero-order valence-corrected chi connectivity index (χ0v) is 18.6. The summed E-state index contributed by atoms with van der Waals surface area (Å²) in [7, 11) is 0. The van der Waals surface area contributed by atoms with Crippen molar-refractivity contribution in [1.82, 2.24) is 24.8 Å². The van der Waals surface area contributed by atoms with E-state index < -0.39 is 0 Å². The Kier molecular flexibility index (Phi) is 4.86. The molecule has 3 aliphatic rings. The van der Waals surface area contributed by atoms with Gasteiger partial charge in [-0.2, -0.15) is 4.98 Å². The predicted octanol–water partition coefficient (Wildman–Crippen LogP) is 3.51. The minimum absolute atomic E-state index is 0.250. The highest BCUT2D eigenvalue weighted by atomic mass is 16.1. The van der Waals surface area contributed by atoms with Crippen molar-refractivity contribution < 1.29 is 0 Å². The molecule has 3 aromatic rings. The third-order valence-corrected chi connectivity index (χ3v) is 7.51. The maximum absolute atomic E-state index is 12.8. The highest BCUT2D eigenvalue weighted by Crippen LogP contribution is 2.37. The lowest BCUT2D eigenvalue weighted by atomic mass is 9.88. The van der Waals surface area contributed by atoms with Crippen LogP contribution in [0.5, 0.6) is 0 Å². The fourth-order valence-corrected chi connectivity index (χ4v) is 5.83. The number of rotatable bonds is 3. The van der Waals surface area contributed by atoms with Crippen LogP contribution in [0.3, 0.4) is 0 Å². The topological polar surface area (TPSA) is 78.3 Å². The smallest absolute Gasteiger partial charge is 0.351 e. The standard InChI is InChI=1S/C25H30N6O/c1-16-27-12-10-21-3-2-4-23(31(16)21)17-5-7-20(8-6-17)30-15-19-13-22(18-9-11-26-14-18)28-24(19)29-25(30)32/h5-8,13,15,18,21,23,26H,2-4,9-12,14H2,1H3,(H,28,29,32)/t18-,21+,23+/m1/s1. The Morgan fingerprint density at radius 3 is 2.78 bits per heavy atom. The van der Waals surface area contributed by atoms with E-state index in [1.165, 1.54) is 24.2 Å². The van der Waals surface area contributed by atoms with Gasteiger partial charge in [-0.15, -0.1) is 0 Å². The van der Waals surface area contributed by atoms with Gasteiger partial charge < -0.3 is 15.2 Å². The maximum Gasteiger partial charge on any atom is 0.354 e. The molecule has 5 heterocycles. The molecule has 3 atom stereocenters. The molecule has 166 valence electrons. The molecule has 6 rings (SSSR count). The molecule has 0 unspecified atom stereocenters. The zero-order chi connectivity index (χ0) is 21.7. The fourth-order valence-electron chi connectivity index (χ4n) is 5.83. The largest absolute Gasteiger partial charge is 0.354 e. The number of piperidine rings is 1. The molecular weight excluding hydrogens is 400 g/mol. The summed E-state index contributed by atoms with van der Waals surface area (Å²) < 4.78 is 1.66. The number of amidine groups is 1. The number of fused-ring (bicyclic) bond motifs is 2. The van der Waals surface area contributed by atoms with E-state index >= 15 is 0 Å². The number of hydrogen-bond acceptors (Lipinski definition) is 5. The van der Waals surface area contributed by atoms with Crippen LogP contribution in [0.15, 0.2) is 46.3 Å². The van der Waals surface area contributed by atoms with Crippen molar-refractivity contribution in [3.63, 3.8) is 0 Å². The van der Waals surface area contributed by atoms with Crippen LogP contribution in [0.25, 0.3) is 16.7 Å². The first kappa shape index (κ1) is 19.7. The summed E-state index contributed by atoms with van der Waals surface area (Å²) in [5.41, 5.74) is 3.75. The van der Waals surface area contributed by atoms with Gasteiger partial charge in [0.1, 0.15) is 5.65 Å². The fraction of sp³-hybridized carbons (Fsp3) is 0.480. The molecule has 0 aliphatic carbocycles. The number of nitrogens with one attached hydrogen (secondary N) is 2. The van der Waals surface area contributed by atoms with Gasteiger partial charge in [-0.25, -0.2) is 4.79 Å². The molecule has 3 aliphatic heterocycles. The monoisotopic (exact) mass is 430 g/mol. The van der Waals surface area contributed by atoms with E-state index in [1.54, 1.807) is 4.57 Å². The average Bonchev–Trinajstić information content (AvgIpc) is 3.48. The zero-order valence-electron chi connectivity index (χ0n) is 18.6. The molecule has 0 amide bonds. The summed E-state index contributed by atoms with van der Waals surface area (Å²) in [6.07, 6.45) is 7.86. The first-order valence-electron chi connectivity index (χ1n) is 11.9. The minimum atomic E-state index is -0.250. The van der Waals surface area contributed by atoms with Crippen molar-refractivity contribution in [1.29, 1.82) is 0 Å². The third-order valence-electron chi connectivity index (χ3n) is 7.51. The van der Waals surface area contributed by atoms with Crippen LogP contribution in [0.4, 0.5) is 0 Å². The van der Waals surface area contributed by atoms with E-state index in [2.05, 4.69) is 57.4 Å². The van der Waals surface area contributed by atoms with Gasteiger partial charge in [0.2, 0.25) is 0 Å². The van der Waals surface area contributed by atoms with Crippen LogP contribution in [0, 0.1) is 0 Å². The molecule has 0 radical (unpaired) electrons. The van der Waals surface area contributed by atoms with Gasteiger partial charge in [0, 0.05) is 42.3 Å². The van der Waals surface area contributed by atoms with Gasteiger partial charge in [0.25, 0.3) is 0 Å². The van der Waals surface area contributed by atoms with Gasteiger partial charge in [0.05, 0.1) is 17.6 Å². The van der Waals surface area contributed by atoms with E-state index in [1.807, 2.05) is 6.20 Å². The summed E-state index contributed by atoms with van der Waals surface area (Å²) in [6, 6.07) is 11.6. The number of aromatic amines is 1. The molecule has 0 saturated carbocycles. The van der Waals surface area contributed by atoms with Crippen molar-refractivity contribution in [2.75, 3.05) is 19.6 Å². The molecule has 2 saturated heterocycles. The lowest BCUT2D eigenvalue weighted by Gasteiger charge is -2.46. The Balaban J connectivity index is 1.31. The van der Waals surface area contributed by atoms with Crippen LogP contribution in [-0.2, 0) is 0 Å². The Morgan fingerprint density at radius 2 is 1.97 bits per heavy atom. The van der Waals surface area contributed by atoms with Crippen LogP contribution in [0.1, 0.15) is 62.2 Å². The molecule has 0 spiro atoms. The molecule has 7 heteroatoms. The molecule has 1 aromatic carbocycles. The second-order valence-corrected chi connectivity index (χ2v) is 9.43. The Hall–Kier alpha value is -2.93. The van der Waals surface area contributed by atoms with Crippen molar-refractivity contribution in [2.24, 2.45) is 4.99 Å². The normalized spacial score (nSPS) is 25.7. The van der Waals surface area contributed by atoms with E-state index in [-0.39, 0.29) is 5.69 Å². The van der Waals surface area contributed by atoms with Crippen molar-refractivity contribution in [3.8, 4) is 5.69 Å². The van der Waals surface area contributed by atoms with Crippen molar-refractivity contribution >= 4 is 16.9 Å². The SMILES string of the molecule is CC1=NCC[C@@H]2CCC[C@@H](c3ccc(-n4cc5cc([C@@H]6CCNC6)[nH]c5nc4=O)cc3)N12. The minimum Gasteiger partial charge on any atom is -0.351 e. The summed E-state index contributed by atoms with van der Waals surface area (Å²) >= 11 is 0. The van der Waals surface area contributed by atoms with E-state index in [0.29, 0.717) is 23.6 Å². The number of H-pyrrole nitrogens is 1. The average molecular weight is 431 g/mol. The van der Waals surface area contributed by atoms with Crippen LogP contribution in [-0.4, -0.2) is 50.9 Å². The second kappa shape index (κ2) is 7.89. The predicted molar refractivity (Wildman–Crippen MR) is 127 cm³/mol. The number of hydrogen-bond donors (Lipinski definition) is 2. The first-order chi connectivity index (χ1) is 15.7. The molecule has 2 aromatic heterocycles. The lowest BCUT2D eigenvalue weighted by molar-refractivity contribution is 0.150. The molecular formula is C25H30N6O. The molecule has 0 bridgehead atoms. The summed E-state index contributed by atoms with van der Waals surface area (Å²) in [4.78, 5) is 27.7. The van der Waals surface area contributed by atoms with Crippen LogP contribution >= 0.6 is 0 Å². The maximum atomic E-state index is 12.8. The number of nitrogens with zero attached hydrogens (tertiary/aromatic N) is 4. The van der Waals surface area contributed by atoms with Crippen molar-refractivity contribution in [3.05, 3.63) is 58.3 Å². The number of aliphatic imine (C=N–C) groups is 1. The highest BCUT2D eigenvalue weighted by molar-refractivity contribution is 5.81. The molecule has 7 nitrogen and oxygen atoms in total. The third kappa shape index (κ3) is 3.35. The first-order valence-corrected chi connectivity index (χ1v) is 11.9. The highest BCUT2D eigenvalue weighted by Gasteiger charge is 2.33. The quantitative estimate of drug-likeness (QED) is 0.667. The molecule has 32 heavy (non-hydrogen) atoms.